The topological polar surface area (TPSA) is 44.5 Å². The Morgan fingerprint density at radius 2 is 2.05 bits per heavy atom. The minimum atomic E-state index is -0.318. The third-order valence-corrected chi connectivity index (χ3v) is 3.16. The summed E-state index contributed by atoms with van der Waals surface area (Å²) in [6, 6.07) is 13.6. The number of halogens is 1. The van der Waals surface area contributed by atoms with Gasteiger partial charge in [-0.05, 0) is 48.6 Å². The summed E-state index contributed by atoms with van der Waals surface area (Å²) in [5.41, 5.74) is 2.74. The average molecular weight is 269 g/mol. The lowest BCUT2D eigenvalue weighted by atomic mass is 10.2. The number of aromatic nitrogens is 2. The molecular weight excluding hydrogens is 261 g/mol. The van der Waals surface area contributed by atoms with Gasteiger partial charge in [0.1, 0.15) is 5.82 Å². The Hall–Kier alpha value is -2.45. The van der Waals surface area contributed by atoms with Crippen molar-refractivity contribution in [2.75, 3.05) is 0 Å². The number of benzene rings is 2. The molecular formula is C14H8FN3S. The highest BCUT2D eigenvalue weighted by molar-refractivity contribution is 7.71. The maximum absolute atomic E-state index is 13.2. The minimum Gasteiger partial charge on any atom is -0.330 e. The summed E-state index contributed by atoms with van der Waals surface area (Å²) < 4.78 is 15.4. The number of nitrogens with zero attached hydrogens (tertiary/aromatic N) is 2. The van der Waals surface area contributed by atoms with Crippen LogP contribution >= 0.6 is 12.2 Å². The predicted octanol–water partition coefficient (Wildman–Crippen LogP) is 3.70. The number of fused-ring (bicyclic) bond motifs is 1. The fraction of sp³-hybridized carbons (Fsp3) is 0. The van der Waals surface area contributed by atoms with Gasteiger partial charge in [-0.25, -0.2) is 4.39 Å². The first-order chi connectivity index (χ1) is 9.19. The Kier molecular flexibility index (Phi) is 2.65. The summed E-state index contributed by atoms with van der Waals surface area (Å²) in [5.74, 6) is -0.318. The van der Waals surface area contributed by atoms with E-state index in [-0.39, 0.29) is 5.82 Å². The first-order valence-corrected chi connectivity index (χ1v) is 6.01. The highest BCUT2D eigenvalue weighted by Crippen LogP contribution is 2.21. The van der Waals surface area contributed by atoms with Crippen molar-refractivity contribution in [3.63, 3.8) is 0 Å². The molecule has 1 N–H and O–H groups in total. The van der Waals surface area contributed by atoms with E-state index in [0.29, 0.717) is 15.9 Å². The number of nitriles is 1. The van der Waals surface area contributed by atoms with Gasteiger partial charge in [0.05, 0.1) is 22.7 Å². The lowest BCUT2D eigenvalue weighted by molar-refractivity contribution is 0.629. The first kappa shape index (κ1) is 11.6. The lowest BCUT2D eigenvalue weighted by Gasteiger charge is -2.04. The Bertz CT molecular complexity index is 870. The van der Waals surface area contributed by atoms with E-state index in [1.54, 1.807) is 28.8 Å². The van der Waals surface area contributed by atoms with Crippen molar-refractivity contribution in [1.29, 1.82) is 5.26 Å². The first-order valence-electron chi connectivity index (χ1n) is 5.60. The molecule has 0 unspecified atom stereocenters. The van der Waals surface area contributed by atoms with Gasteiger partial charge in [-0.2, -0.15) is 5.26 Å². The molecule has 19 heavy (non-hydrogen) atoms. The zero-order valence-corrected chi connectivity index (χ0v) is 10.5. The summed E-state index contributed by atoms with van der Waals surface area (Å²) in [6.07, 6.45) is 0. The van der Waals surface area contributed by atoms with Gasteiger partial charge in [0.25, 0.3) is 0 Å². The zero-order valence-electron chi connectivity index (χ0n) is 9.72. The van der Waals surface area contributed by atoms with Crippen molar-refractivity contribution < 1.29 is 4.39 Å². The Morgan fingerprint density at radius 1 is 1.21 bits per heavy atom. The van der Waals surface area contributed by atoms with Gasteiger partial charge >= 0.3 is 0 Å². The van der Waals surface area contributed by atoms with Crippen LogP contribution in [0.5, 0.6) is 0 Å². The van der Waals surface area contributed by atoms with Crippen LogP contribution < -0.4 is 0 Å². The number of aromatic amines is 1. The normalized spacial score (nSPS) is 10.5. The molecule has 0 spiro atoms. The van der Waals surface area contributed by atoms with E-state index < -0.39 is 0 Å². The molecule has 3 rings (SSSR count). The lowest BCUT2D eigenvalue weighted by Crippen LogP contribution is -1.94. The van der Waals surface area contributed by atoms with Crippen LogP contribution in [0.1, 0.15) is 5.56 Å². The standard InChI is InChI=1S/C14H8FN3S/c15-10-4-5-13-12(7-10)17-14(19)18(13)11-3-1-2-9(6-11)8-16/h1-7H,(H,17,19). The monoisotopic (exact) mass is 269 g/mol. The number of hydrogen-bond donors (Lipinski definition) is 1. The molecule has 0 amide bonds. The summed E-state index contributed by atoms with van der Waals surface area (Å²) in [5, 5.41) is 8.94. The molecule has 0 radical (unpaired) electrons. The van der Waals surface area contributed by atoms with Crippen molar-refractivity contribution >= 4 is 23.3 Å². The summed E-state index contributed by atoms with van der Waals surface area (Å²) in [6.45, 7) is 0. The second kappa shape index (κ2) is 4.34. The molecule has 0 saturated carbocycles. The number of rotatable bonds is 1. The molecule has 1 aromatic heterocycles. The van der Waals surface area contributed by atoms with Crippen LogP contribution in [-0.4, -0.2) is 9.55 Å². The van der Waals surface area contributed by atoms with E-state index in [2.05, 4.69) is 11.1 Å². The second-order valence-corrected chi connectivity index (χ2v) is 4.48. The molecule has 0 saturated heterocycles. The molecule has 0 fully saturated rings. The van der Waals surface area contributed by atoms with E-state index in [1.807, 2.05) is 6.07 Å². The van der Waals surface area contributed by atoms with E-state index >= 15 is 0 Å². The van der Waals surface area contributed by atoms with Gasteiger partial charge in [0, 0.05) is 5.69 Å². The van der Waals surface area contributed by atoms with Gasteiger partial charge < -0.3 is 4.98 Å². The Labute approximate surface area is 113 Å². The van der Waals surface area contributed by atoms with Crippen molar-refractivity contribution in [1.82, 2.24) is 9.55 Å². The second-order valence-electron chi connectivity index (χ2n) is 4.09. The average Bonchev–Trinajstić information content (AvgIpc) is 2.73. The third kappa shape index (κ3) is 1.92. The van der Waals surface area contributed by atoms with Gasteiger partial charge in [0.2, 0.25) is 0 Å². The molecule has 92 valence electrons. The van der Waals surface area contributed by atoms with Crippen molar-refractivity contribution in [2.24, 2.45) is 0 Å². The molecule has 0 atom stereocenters. The van der Waals surface area contributed by atoms with E-state index in [1.165, 1.54) is 12.1 Å². The van der Waals surface area contributed by atoms with Crippen LogP contribution in [0, 0.1) is 21.9 Å². The van der Waals surface area contributed by atoms with Crippen LogP contribution in [0.15, 0.2) is 42.5 Å². The fourth-order valence-corrected chi connectivity index (χ4v) is 2.37. The summed E-state index contributed by atoms with van der Waals surface area (Å²) in [4.78, 5) is 2.96. The molecule has 1 heterocycles. The summed E-state index contributed by atoms with van der Waals surface area (Å²) >= 11 is 5.26. The SMILES string of the molecule is N#Cc1cccc(-n2c(=S)[nH]c3cc(F)ccc32)c1. The maximum atomic E-state index is 13.2. The quantitative estimate of drug-likeness (QED) is 0.685. The van der Waals surface area contributed by atoms with E-state index in [4.69, 9.17) is 17.5 Å². The van der Waals surface area contributed by atoms with E-state index in [9.17, 15) is 4.39 Å². The molecule has 0 aliphatic heterocycles. The number of nitrogens with one attached hydrogen (secondary N) is 1. The molecule has 3 nitrogen and oxygen atoms in total. The van der Waals surface area contributed by atoms with Crippen LogP contribution in [0.25, 0.3) is 16.7 Å². The number of hydrogen-bond acceptors (Lipinski definition) is 2. The maximum Gasteiger partial charge on any atom is 0.182 e. The molecule has 3 aromatic rings. The molecule has 0 aliphatic rings. The van der Waals surface area contributed by atoms with Gasteiger partial charge in [-0.1, -0.05) is 6.07 Å². The van der Waals surface area contributed by atoms with Crippen LogP contribution in [0.2, 0.25) is 0 Å². The zero-order chi connectivity index (χ0) is 13.4. The van der Waals surface area contributed by atoms with Gasteiger partial charge in [0.15, 0.2) is 4.77 Å². The van der Waals surface area contributed by atoms with Crippen LogP contribution in [0.3, 0.4) is 0 Å². The van der Waals surface area contributed by atoms with Crippen LogP contribution in [-0.2, 0) is 0 Å². The highest BCUT2D eigenvalue weighted by atomic mass is 32.1. The highest BCUT2D eigenvalue weighted by Gasteiger charge is 2.07. The Morgan fingerprint density at radius 3 is 2.84 bits per heavy atom. The Balaban J connectivity index is 2.33. The van der Waals surface area contributed by atoms with Gasteiger partial charge in [-0.3, -0.25) is 4.57 Å². The van der Waals surface area contributed by atoms with E-state index in [0.717, 1.165) is 11.2 Å². The molecule has 0 aliphatic carbocycles. The van der Waals surface area contributed by atoms with Crippen molar-refractivity contribution in [3.05, 3.63) is 58.6 Å². The van der Waals surface area contributed by atoms with Crippen molar-refractivity contribution in [2.45, 2.75) is 0 Å². The third-order valence-electron chi connectivity index (χ3n) is 2.88. The fourth-order valence-electron chi connectivity index (χ4n) is 2.05. The summed E-state index contributed by atoms with van der Waals surface area (Å²) in [7, 11) is 0. The predicted molar refractivity (Wildman–Crippen MR) is 73.1 cm³/mol. The minimum absolute atomic E-state index is 0.318. The largest absolute Gasteiger partial charge is 0.330 e. The van der Waals surface area contributed by atoms with Crippen molar-refractivity contribution in [3.8, 4) is 11.8 Å². The molecule has 5 heteroatoms. The smallest absolute Gasteiger partial charge is 0.182 e. The molecule has 2 aromatic carbocycles. The van der Waals surface area contributed by atoms with Gasteiger partial charge in [-0.15, -0.1) is 0 Å². The molecule has 0 bridgehead atoms. The van der Waals surface area contributed by atoms with Crippen LogP contribution in [0.4, 0.5) is 4.39 Å². The number of H-pyrrole nitrogens is 1. The number of imidazole rings is 1.